The molecule has 3 aliphatic rings. The van der Waals surface area contributed by atoms with Crippen molar-refractivity contribution < 1.29 is 48.7 Å². The van der Waals surface area contributed by atoms with Crippen molar-refractivity contribution in [3.8, 4) is 0 Å². The minimum Gasteiger partial charge on any atom is -0.459 e. The molecule has 0 radical (unpaired) electrons. The summed E-state index contributed by atoms with van der Waals surface area (Å²) in [5, 5.41) is 42.9. The normalized spacial score (nSPS) is 41.3. The molecule has 3 heterocycles. The maximum atomic E-state index is 14.1. The second-order valence-electron chi connectivity index (χ2n) is 16.1. The predicted molar refractivity (Wildman–Crippen MR) is 198 cm³/mol. The number of likely N-dealkylation sites (N-methyl/N-ethyl adjacent to an activating group) is 1. The van der Waals surface area contributed by atoms with Gasteiger partial charge >= 0.3 is 5.97 Å². The number of likely N-dealkylation sites (tertiary alicyclic amines) is 1. The van der Waals surface area contributed by atoms with Crippen molar-refractivity contribution in [1.29, 1.82) is 0 Å². The zero-order valence-corrected chi connectivity index (χ0v) is 33.7. The van der Waals surface area contributed by atoms with Gasteiger partial charge in [0.1, 0.15) is 30.3 Å². The van der Waals surface area contributed by atoms with Crippen LogP contribution in [-0.4, -0.2) is 157 Å². The maximum Gasteiger partial charge on any atom is 0.316 e. The van der Waals surface area contributed by atoms with Crippen LogP contribution in [0.3, 0.4) is 0 Å². The molecular weight excluding hydrogens is 672 g/mol. The van der Waals surface area contributed by atoms with Crippen LogP contribution in [0.1, 0.15) is 87.5 Å². The molecule has 4 N–H and O–H groups in total. The topological polar surface area (TPSA) is 172 Å². The Hall–Kier alpha value is -1.75. The Kier molecular flexibility index (Phi) is 16.9. The van der Waals surface area contributed by atoms with Crippen LogP contribution in [-0.2, 0) is 33.4 Å². The van der Waals surface area contributed by atoms with E-state index in [1.54, 1.807) is 20.8 Å². The highest BCUT2D eigenvalue weighted by Crippen LogP contribution is 2.38. The van der Waals surface area contributed by atoms with Crippen LogP contribution < -0.4 is 5.32 Å². The maximum absolute atomic E-state index is 14.1. The number of methoxy groups -OCH3 is 1. The number of esters is 1. The van der Waals surface area contributed by atoms with E-state index < -0.39 is 77.3 Å². The molecule has 302 valence electrons. The molecule has 0 spiro atoms. The molecule has 0 bridgehead atoms. The Morgan fingerprint density at radius 2 is 1.69 bits per heavy atom. The number of carbonyl (C=O) groups is 2. The molecular formula is C38H70N4O10. The van der Waals surface area contributed by atoms with E-state index in [0.29, 0.717) is 18.7 Å². The van der Waals surface area contributed by atoms with Gasteiger partial charge < -0.3 is 54.2 Å². The zero-order valence-electron chi connectivity index (χ0n) is 33.7. The summed E-state index contributed by atoms with van der Waals surface area (Å²) in [7, 11) is 5.30. The number of carbonyl (C=O) groups excluding carboxylic acids is 2. The van der Waals surface area contributed by atoms with E-state index in [0.717, 1.165) is 26.2 Å². The number of cyclic esters (lactones) is 1. The Labute approximate surface area is 311 Å². The number of nitrogens with zero attached hydrogens (tertiary/aromatic N) is 3. The first kappa shape index (κ1) is 44.6. The number of hydrogen-bond acceptors (Lipinski definition) is 14. The van der Waals surface area contributed by atoms with E-state index in [9.17, 15) is 24.9 Å². The number of hydrogen-bond donors (Lipinski definition) is 4. The van der Waals surface area contributed by atoms with Gasteiger partial charge in [-0.2, -0.15) is 0 Å². The Morgan fingerprint density at radius 1 is 1.04 bits per heavy atom. The number of oxime groups is 1. The summed E-state index contributed by atoms with van der Waals surface area (Å²) in [6.07, 6.45) is -2.37. The van der Waals surface area contributed by atoms with Crippen LogP contribution in [0.4, 0.5) is 0 Å². The van der Waals surface area contributed by atoms with Gasteiger partial charge in [0.2, 0.25) is 0 Å². The van der Waals surface area contributed by atoms with Gasteiger partial charge in [-0.3, -0.25) is 9.59 Å². The molecule has 0 aromatic heterocycles. The van der Waals surface area contributed by atoms with Crippen molar-refractivity contribution in [3.63, 3.8) is 0 Å². The van der Waals surface area contributed by atoms with Gasteiger partial charge in [0.15, 0.2) is 12.1 Å². The van der Waals surface area contributed by atoms with Crippen LogP contribution in [0.2, 0.25) is 0 Å². The van der Waals surface area contributed by atoms with Crippen LogP contribution in [0.15, 0.2) is 5.16 Å². The number of aliphatic hydroxyl groups is 3. The first-order valence-corrected chi connectivity index (χ1v) is 19.4. The van der Waals surface area contributed by atoms with Gasteiger partial charge in [0.25, 0.3) is 0 Å². The Morgan fingerprint density at radius 3 is 2.29 bits per heavy atom. The smallest absolute Gasteiger partial charge is 0.316 e. The molecule has 14 heteroatoms. The van der Waals surface area contributed by atoms with Gasteiger partial charge in [-0.1, -0.05) is 32.9 Å². The Bertz CT molecular complexity index is 1170. The molecule has 3 rings (SSSR count). The van der Waals surface area contributed by atoms with Gasteiger partial charge in [-0.15, -0.1) is 0 Å². The van der Waals surface area contributed by atoms with Crippen LogP contribution >= 0.6 is 0 Å². The molecule has 0 aromatic rings. The molecule has 0 aliphatic carbocycles. The standard InChI is InChI=1S/C38H70N4O10/c1-12-29-38(8,47)33(45)25(4)30(40-49-20-16-39-15-19-42-17-13-14-18-42)23(2)22-37(7,48-11)34(26(5)31(43)27(6)35(46)51-29)52-36-32(44)28(41(9)10)21-24(3)50-36/h23-29,32-34,36,39,44-45,47H,12-22H2,1-11H3/b40-30+/t23-,24-,25+,26+,27-,28+,29?,32-,33-,34-,36+,37-,38-/m1/s1. The third-order valence-electron chi connectivity index (χ3n) is 11.7. The zero-order chi connectivity index (χ0) is 39.0. The summed E-state index contributed by atoms with van der Waals surface area (Å²) in [6, 6.07) is -0.258. The van der Waals surface area contributed by atoms with Crippen LogP contribution in [0.25, 0.3) is 0 Å². The summed E-state index contributed by atoms with van der Waals surface area (Å²) in [4.78, 5) is 37.9. The minimum atomic E-state index is -1.88. The fourth-order valence-electron chi connectivity index (χ4n) is 8.22. The lowest BCUT2D eigenvalue weighted by Gasteiger charge is -2.47. The molecule has 13 atom stereocenters. The molecule has 14 nitrogen and oxygen atoms in total. The van der Waals surface area contributed by atoms with Crippen molar-refractivity contribution in [1.82, 2.24) is 15.1 Å². The van der Waals surface area contributed by atoms with Gasteiger partial charge in [-0.25, -0.2) is 0 Å². The largest absolute Gasteiger partial charge is 0.459 e. The number of nitrogens with one attached hydrogen (secondary N) is 1. The lowest BCUT2D eigenvalue weighted by Crippen LogP contribution is -2.60. The second-order valence-corrected chi connectivity index (χ2v) is 16.1. The van der Waals surface area contributed by atoms with Gasteiger partial charge in [0.05, 0.1) is 29.6 Å². The SMILES string of the molecule is CCC1OC(=O)[C@H](C)C(=O)[C@H](C)[C@@H](O[C@@H]2O[C@H](C)C[C@H](N(C)C)[C@H]2O)[C@](C)(OC)C[C@@H](C)/C(=N\OCCNCCN2CCCC2)[C@H](C)[C@@H](O)[C@]1(C)O. The fraction of sp³-hybridized carbons (Fsp3) is 0.921. The average molecular weight is 743 g/mol. The highest BCUT2D eigenvalue weighted by molar-refractivity contribution is 6.00. The van der Waals surface area contributed by atoms with E-state index in [1.165, 1.54) is 33.8 Å². The van der Waals surface area contributed by atoms with Crippen LogP contribution in [0, 0.1) is 23.7 Å². The monoisotopic (exact) mass is 743 g/mol. The van der Waals surface area contributed by atoms with E-state index in [4.69, 9.17) is 23.8 Å². The van der Waals surface area contributed by atoms with Crippen LogP contribution in [0.5, 0.6) is 0 Å². The third kappa shape index (κ3) is 10.9. The third-order valence-corrected chi connectivity index (χ3v) is 11.7. The first-order chi connectivity index (χ1) is 24.4. The first-order valence-electron chi connectivity index (χ1n) is 19.4. The number of rotatable bonds is 12. The molecule has 3 aliphatic heterocycles. The number of Topliss-reactive ketones (excluding diaryl/α,β-unsaturated/α-hetero) is 1. The number of aliphatic hydroxyl groups excluding tert-OH is 2. The van der Waals surface area contributed by atoms with Crippen molar-refractivity contribution in [2.75, 3.05) is 60.5 Å². The summed E-state index contributed by atoms with van der Waals surface area (Å²) in [5.74, 6) is -4.58. The van der Waals surface area contributed by atoms with Gasteiger partial charge in [0, 0.05) is 50.5 Å². The minimum absolute atomic E-state index is 0.191. The molecule has 0 saturated carbocycles. The lowest BCUT2D eigenvalue weighted by atomic mass is 9.74. The molecule has 52 heavy (non-hydrogen) atoms. The van der Waals surface area contributed by atoms with E-state index in [1.807, 2.05) is 39.8 Å². The highest BCUT2D eigenvalue weighted by Gasteiger charge is 2.51. The Balaban J connectivity index is 2.00. The van der Waals surface area contributed by atoms with Crippen molar-refractivity contribution in [2.24, 2.45) is 28.8 Å². The average Bonchev–Trinajstić information content (AvgIpc) is 3.63. The second kappa shape index (κ2) is 19.7. The summed E-state index contributed by atoms with van der Waals surface area (Å²) in [5.41, 5.74) is -2.62. The number of ketones is 1. The predicted octanol–water partition coefficient (Wildman–Crippen LogP) is 2.21. The number of ether oxygens (including phenoxy) is 4. The fourth-order valence-corrected chi connectivity index (χ4v) is 8.22. The van der Waals surface area contributed by atoms with E-state index >= 15 is 0 Å². The summed E-state index contributed by atoms with van der Waals surface area (Å²) >= 11 is 0. The molecule has 3 saturated heterocycles. The van der Waals surface area contributed by atoms with E-state index in [-0.39, 0.29) is 31.6 Å². The highest BCUT2D eigenvalue weighted by atomic mass is 16.7. The molecule has 1 unspecified atom stereocenters. The van der Waals surface area contributed by atoms with Crippen molar-refractivity contribution >= 4 is 17.5 Å². The molecule has 3 fully saturated rings. The van der Waals surface area contributed by atoms with Crippen molar-refractivity contribution in [2.45, 2.75) is 142 Å². The van der Waals surface area contributed by atoms with Crippen molar-refractivity contribution in [3.05, 3.63) is 0 Å². The summed E-state index contributed by atoms with van der Waals surface area (Å²) in [6.45, 7) is 18.7. The molecule has 0 amide bonds. The lowest BCUT2D eigenvalue weighted by molar-refractivity contribution is -0.295. The quantitative estimate of drug-likeness (QED) is 0.0994. The van der Waals surface area contributed by atoms with E-state index in [2.05, 4.69) is 15.4 Å². The summed E-state index contributed by atoms with van der Waals surface area (Å²) < 4.78 is 24.8. The molecule has 0 aromatic carbocycles. The van der Waals surface area contributed by atoms with Gasteiger partial charge in [-0.05, 0) is 87.0 Å².